The maximum absolute atomic E-state index is 10.8. The van der Waals surface area contributed by atoms with Crippen molar-refractivity contribution in [3.63, 3.8) is 0 Å². The molecule has 0 aliphatic carbocycles. The first-order valence-electron chi connectivity index (χ1n) is 3.75. The lowest BCUT2D eigenvalue weighted by atomic mass is 10.2. The Morgan fingerprint density at radius 3 is 2.25 bits per heavy atom. The van der Waals surface area contributed by atoms with Crippen LogP contribution in [0.2, 0.25) is 0 Å². The largest absolute Gasteiger partial charge is 0.300 e. The standard InChI is InChI=1S/C7H15NO3S/c1-7(9)5-4-6-8(2)12(3,10)11/h4-6H2,1-3H3. The molecule has 0 aliphatic heterocycles. The molecule has 0 amide bonds. The maximum atomic E-state index is 10.8. The van der Waals surface area contributed by atoms with Crippen LogP contribution < -0.4 is 0 Å². The summed E-state index contributed by atoms with van der Waals surface area (Å²) in [4.78, 5) is 10.5. The second-order valence-electron chi connectivity index (χ2n) is 2.89. The summed E-state index contributed by atoms with van der Waals surface area (Å²) in [5.41, 5.74) is 0. The lowest BCUT2D eigenvalue weighted by Crippen LogP contribution is -2.26. The van der Waals surface area contributed by atoms with E-state index in [9.17, 15) is 13.2 Å². The van der Waals surface area contributed by atoms with Crippen molar-refractivity contribution in [2.24, 2.45) is 0 Å². The monoisotopic (exact) mass is 193 g/mol. The molecule has 0 saturated carbocycles. The van der Waals surface area contributed by atoms with E-state index in [1.807, 2.05) is 0 Å². The van der Waals surface area contributed by atoms with E-state index in [-0.39, 0.29) is 5.78 Å². The SMILES string of the molecule is CC(=O)CCCN(C)S(C)(=O)=O. The van der Waals surface area contributed by atoms with Gasteiger partial charge in [0.05, 0.1) is 6.26 Å². The number of nitrogens with zero attached hydrogens (tertiary/aromatic N) is 1. The molecule has 12 heavy (non-hydrogen) atoms. The van der Waals surface area contributed by atoms with Crippen LogP contribution in [0.4, 0.5) is 0 Å². The number of carbonyl (C=O) groups excluding carboxylic acids is 1. The molecular formula is C7H15NO3S. The normalized spacial score (nSPS) is 12.0. The minimum atomic E-state index is -3.08. The van der Waals surface area contributed by atoms with E-state index in [1.54, 1.807) is 0 Å². The topological polar surface area (TPSA) is 54.5 Å². The number of Topliss-reactive ketones (excluding diaryl/α,β-unsaturated/α-hetero) is 1. The van der Waals surface area contributed by atoms with Crippen LogP contribution in [0.5, 0.6) is 0 Å². The fourth-order valence-electron chi connectivity index (χ4n) is 0.716. The van der Waals surface area contributed by atoms with Gasteiger partial charge in [-0.2, -0.15) is 0 Å². The van der Waals surface area contributed by atoms with Crippen molar-refractivity contribution < 1.29 is 13.2 Å². The molecule has 0 rings (SSSR count). The van der Waals surface area contributed by atoms with E-state index in [0.717, 1.165) is 6.26 Å². The third kappa shape index (κ3) is 5.26. The predicted octanol–water partition coefficient (Wildman–Crippen LogP) is 0.247. The van der Waals surface area contributed by atoms with Gasteiger partial charge in [-0.05, 0) is 13.3 Å². The Bertz CT molecular complexity index is 245. The summed E-state index contributed by atoms with van der Waals surface area (Å²) in [5, 5.41) is 0. The lowest BCUT2D eigenvalue weighted by Gasteiger charge is -2.12. The minimum absolute atomic E-state index is 0.0944. The number of ketones is 1. The van der Waals surface area contributed by atoms with E-state index in [0.29, 0.717) is 19.4 Å². The van der Waals surface area contributed by atoms with Crippen LogP contribution >= 0.6 is 0 Å². The molecule has 0 heterocycles. The number of carbonyl (C=O) groups is 1. The van der Waals surface area contributed by atoms with Gasteiger partial charge in [-0.1, -0.05) is 0 Å². The van der Waals surface area contributed by atoms with Gasteiger partial charge in [-0.3, -0.25) is 0 Å². The van der Waals surface area contributed by atoms with Gasteiger partial charge in [0.2, 0.25) is 10.0 Å². The molecule has 0 aromatic rings. The molecule has 0 spiro atoms. The van der Waals surface area contributed by atoms with Crippen LogP contribution in [-0.2, 0) is 14.8 Å². The molecule has 4 nitrogen and oxygen atoms in total. The zero-order valence-electron chi connectivity index (χ0n) is 7.70. The third-order valence-corrected chi connectivity index (χ3v) is 2.88. The Labute approximate surface area is 73.6 Å². The Morgan fingerprint density at radius 1 is 1.42 bits per heavy atom. The summed E-state index contributed by atoms with van der Waals surface area (Å²) in [5.74, 6) is 0.0944. The van der Waals surface area contributed by atoms with Crippen LogP contribution in [0.3, 0.4) is 0 Å². The van der Waals surface area contributed by atoms with Crippen molar-refractivity contribution in [1.29, 1.82) is 0 Å². The maximum Gasteiger partial charge on any atom is 0.210 e. The zero-order valence-corrected chi connectivity index (χ0v) is 8.52. The van der Waals surface area contributed by atoms with Gasteiger partial charge in [-0.15, -0.1) is 0 Å². The van der Waals surface area contributed by atoms with Gasteiger partial charge in [0.25, 0.3) is 0 Å². The van der Waals surface area contributed by atoms with Gasteiger partial charge >= 0.3 is 0 Å². The second kappa shape index (κ2) is 4.57. The second-order valence-corrected chi connectivity index (χ2v) is 4.98. The smallest absolute Gasteiger partial charge is 0.210 e. The average Bonchev–Trinajstić information content (AvgIpc) is 1.84. The van der Waals surface area contributed by atoms with Gasteiger partial charge < -0.3 is 4.79 Å². The molecule has 0 N–H and O–H groups in total. The van der Waals surface area contributed by atoms with E-state index >= 15 is 0 Å². The van der Waals surface area contributed by atoms with Crippen LogP contribution in [0.1, 0.15) is 19.8 Å². The molecule has 0 atom stereocenters. The molecular weight excluding hydrogens is 178 g/mol. The Morgan fingerprint density at radius 2 is 1.92 bits per heavy atom. The molecule has 0 aromatic carbocycles. The van der Waals surface area contributed by atoms with E-state index < -0.39 is 10.0 Å². The van der Waals surface area contributed by atoms with Crippen LogP contribution in [0.15, 0.2) is 0 Å². The first-order chi connectivity index (χ1) is 5.34. The van der Waals surface area contributed by atoms with Crippen molar-refractivity contribution in [1.82, 2.24) is 4.31 Å². The van der Waals surface area contributed by atoms with Crippen molar-refractivity contribution in [2.75, 3.05) is 19.8 Å². The minimum Gasteiger partial charge on any atom is -0.300 e. The van der Waals surface area contributed by atoms with Crippen LogP contribution in [-0.4, -0.2) is 38.4 Å². The average molecular weight is 193 g/mol. The quantitative estimate of drug-likeness (QED) is 0.628. The zero-order chi connectivity index (χ0) is 9.78. The summed E-state index contributed by atoms with van der Waals surface area (Å²) in [6.45, 7) is 1.92. The Balaban J connectivity index is 3.73. The number of sulfonamides is 1. The summed E-state index contributed by atoms with van der Waals surface area (Å²) in [7, 11) is -1.57. The molecule has 0 aliphatic rings. The molecule has 5 heteroatoms. The van der Waals surface area contributed by atoms with E-state index in [4.69, 9.17) is 0 Å². The molecule has 0 unspecified atom stereocenters. The fraction of sp³-hybridized carbons (Fsp3) is 0.857. The Kier molecular flexibility index (Phi) is 4.41. The first-order valence-corrected chi connectivity index (χ1v) is 5.59. The molecule has 0 aromatic heterocycles. The molecule has 72 valence electrons. The van der Waals surface area contributed by atoms with Crippen molar-refractivity contribution >= 4 is 15.8 Å². The highest BCUT2D eigenvalue weighted by atomic mass is 32.2. The third-order valence-electron chi connectivity index (χ3n) is 1.57. The predicted molar refractivity (Wildman–Crippen MR) is 47.4 cm³/mol. The number of hydrogen-bond donors (Lipinski definition) is 0. The summed E-state index contributed by atoms with van der Waals surface area (Å²) < 4.78 is 22.9. The number of rotatable bonds is 5. The van der Waals surface area contributed by atoms with Crippen LogP contribution in [0, 0.1) is 0 Å². The molecule has 0 saturated heterocycles. The highest BCUT2D eigenvalue weighted by molar-refractivity contribution is 7.88. The van der Waals surface area contributed by atoms with Gasteiger partial charge in [0.15, 0.2) is 0 Å². The molecule has 0 fully saturated rings. The summed E-state index contributed by atoms with van der Waals surface area (Å²) in [6, 6.07) is 0. The lowest BCUT2D eigenvalue weighted by molar-refractivity contribution is -0.117. The van der Waals surface area contributed by atoms with Crippen molar-refractivity contribution in [3.8, 4) is 0 Å². The summed E-state index contributed by atoms with van der Waals surface area (Å²) >= 11 is 0. The highest BCUT2D eigenvalue weighted by Crippen LogP contribution is 1.97. The van der Waals surface area contributed by atoms with E-state index in [2.05, 4.69) is 0 Å². The molecule has 0 bridgehead atoms. The van der Waals surface area contributed by atoms with Crippen molar-refractivity contribution in [3.05, 3.63) is 0 Å². The van der Waals surface area contributed by atoms with Crippen molar-refractivity contribution in [2.45, 2.75) is 19.8 Å². The highest BCUT2D eigenvalue weighted by Gasteiger charge is 2.09. The summed E-state index contributed by atoms with van der Waals surface area (Å²) in [6.07, 6.45) is 2.19. The first kappa shape index (κ1) is 11.6. The van der Waals surface area contributed by atoms with Gasteiger partial charge in [0, 0.05) is 20.0 Å². The fourth-order valence-corrected chi connectivity index (χ4v) is 1.18. The number of hydrogen-bond acceptors (Lipinski definition) is 3. The Hall–Kier alpha value is -0.420. The van der Waals surface area contributed by atoms with Gasteiger partial charge in [-0.25, -0.2) is 12.7 Å². The van der Waals surface area contributed by atoms with E-state index in [1.165, 1.54) is 18.3 Å². The van der Waals surface area contributed by atoms with Crippen LogP contribution in [0.25, 0.3) is 0 Å². The molecule has 0 radical (unpaired) electrons. The van der Waals surface area contributed by atoms with Gasteiger partial charge in [0.1, 0.15) is 5.78 Å².